The standard InChI is InChI=1S/C20H25N7O2/c1-14-18(15(2)27(23-14)16-8-6-5-7-9-16)22-20(29)19(28)21-17-10-11-26(24-17)13-12-25(3)4/h5-11H,12-13H2,1-4H3,(H,22,29)(H,21,24,28). The van der Waals surface area contributed by atoms with Crippen LogP contribution in [0.4, 0.5) is 11.5 Å². The molecule has 2 N–H and O–H groups in total. The van der Waals surface area contributed by atoms with E-state index < -0.39 is 11.8 Å². The number of aryl methyl sites for hydroxylation is 1. The summed E-state index contributed by atoms with van der Waals surface area (Å²) >= 11 is 0. The molecule has 152 valence electrons. The molecule has 2 amide bonds. The van der Waals surface area contributed by atoms with Gasteiger partial charge in [-0.05, 0) is 40.1 Å². The number of hydrogen-bond donors (Lipinski definition) is 2. The molecule has 0 unspecified atom stereocenters. The minimum Gasteiger partial charge on any atom is -0.315 e. The number of carbonyl (C=O) groups excluding carboxylic acids is 2. The lowest BCUT2D eigenvalue weighted by Crippen LogP contribution is -2.29. The smallest absolute Gasteiger partial charge is 0.315 e. The first kappa shape index (κ1) is 20.3. The number of aromatic nitrogens is 4. The number of anilines is 2. The van der Waals surface area contributed by atoms with E-state index in [-0.39, 0.29) is 0 Å². The molecule has 0 saturated carbocycles. The van der Waals surface area contributed by atoms with Gasteiger partial charge in [-0.15, -0.1) is 0 Å². The van der Waals surface area contributed by atoms with Crippen molar-refractivity contribution in [1.82, 2.24) is 24.5 Å². The van der Waals surface area contributed by atoms with Crippen molar-refractivity contribution in [2.75, 3.05) is 31.3 Å². The van der Waals surface area contributed by atoms with E-state index in [4.69, 9.17) is 0 Å². The van der Waals surface area contributed by atoms with Gasteiger partial charge >= 0.3 is 11.8 Å². The van der Waals surface area contributed by atoms with Gasteiger partial charge in [-0.1, -0.05) is 18.2 Å². The topological polar surface area (TPSA) is 97.1 Å². The van der Waals surface area contributed by atoms with Crippen molar-refractivity contribution in [3.8, 4) is 5.69 Å². The molecule has 0 spiro atoms. The summed E-state index contributed by atoms with van der Waals surface area (Å²) in [6.45, 7) is 5.13. The third-order valence-electron chi connectivity index (χ3n) is 4.40. The predicted octanol–water partition coefficient (Wildman–Crippen LogP) is 1.82. The minimum absolute atomic E-state index is 0.331. The normalized spacial score (nSPS) is 10.9. The lowest BCUT2D eigenvalue weighted by molar-refractivity contribution is -0.133. The van der Waals surface area contributed by atoms with Crippen molar-refractivity contribution in [3.63, 3.8) is 0 Å². The van der Waals surface area contributed by atoms with E-state index in [1.54, 1.807) is 28.6 Å². The second-order valence-electron chi connectivity index (χ2n) is 6.97. The van der Waals surface area contributed by atoms with Crippen LogP contribution in [0.3, 0.4) is 0 Å². The average Bonchev–Trinajstić information content (AvgIpc) is 3.26. The number of benzene rings is 1. The van der Waals surface area contributed by atoms with E-state index in [1.165, 1.54) is 0 Å². The van der Waals surface area contributed by atoms with Crippen LogP contribution < -0.4 is 10.6 Å². The zero-order valence-electron chi connectivity index (χ0n) is 17.0. The Labute approximate surface area is 169 Å². The number of rotatable bonds is 6. The highest BCUT2D eigenvalue weighted by Gasteiger charge is 2.20. The number of nitrogens with zero attached hydrogens (tertiary/aromatic N) is 5. The molecule has 0 aliphatic heterocycles. The van der Waals surface area contributed by atoms with Gasteiger partial charge in [0.1, 0.15) is 0 Å². The highest BCUT2D eigenvalue weighted by molar-refractivity contribution is 6.43. The lowest BCUT2D eigenvalue weighted by Gasteiger charge is -2.09. The first-order valence-electron chi connectivity index (χ1n) is 9.27. The highest BCUT2D eigenvalue weighted by Crippen LogP contribution is 2.22. The molecule has 0 bridgehead atoms. The summed E-state index contributed by atoms with van der Waals surface area (Å²) in [6.07, 6.45) is 1.76. The van der Waals surface area contributed by atoms with Crippen molar-refractivity contribution < 1.29 is 9.59 Å². The fourth-order valence-corrected chi connectivity index (χ4v) is 2.84. The fourth-order valence-electron chi connectivity index (χ4n) is 2.84. The SMILES string of the molecule is Cc1nn(-c2ccccc2)c(C)c1NC(=O)C(=O)Nc1ccn(CCN(C)C)n1. The van der Waals surface area contributed by atoms with E-state index in [1.807, 2.05) is 56.3 Å². The third kappa shape index (κ3) is 4.88. The number of likely N-dealkylation sites (N-methyl/N-ethyl adjacent to an activating group) is 1. The van der Waals surface area contributed by atoms with Gasteiger partial charge in [-0.25, -0.2) is 4.68 Å². The summed E-state index contributed by atoms with van der Waals surface area (Å²) in [5.74, 6) is -1.22. The van der Waals surface area contributed by atoms with Crippen LogP contribution in [0.15, 0.2) is 42.6 Å². The van der Waals surface area contributed by atoms with Crippen LogP contribution in [0.25, 0.3) is 5.69 Å². The maximum Gasteiger partial charge on any atom is 0.315 e. The first-order valence-corrected chi connectivity index (χ1v) is 9.27. The van der Waals surface area contributed by atoms with Gasteiger partial charge in [0.25, 0.3) is 0 Å². The van der Waals surface area contributed by atoms with E-state index in [0.29, 0.717) is 23.7 Å². The summed E-state index contributed by atoms with van der Waals surface area (Å²) in [5, 5.41) is 13.9. The summed E-state index contributed by atoms with van der Waals surface area (Å²) in [6, 6.07) is 11.2. The molecule has 0 radical (unpaired) electrons. The Kier molecular flexibility index (Phi) is 6.08. The van der Waals surface area contributed by atoms with Gasteiger partial charge in [0.15, 0.2) is 5.82 Å². The summed E-state index contributed by atoms with van der Waals surface area (Å²) in [4.78, 5) is 26.7. The number of para-hydroxylation sites is 1. The number of carbonyl (C=O) groups is 2. The van der Waals surface area contributed by atoms with Gasteiger partial charge in [-0.2, -0.15) is 10.2 Å². The molecule has 0 aliphatic rings. The van der Waals surface area contributed by atoms with Crippen molar-refractivity contribution in [3.05, 3.63) is 54.0 Å². The van der Waals surface area contributed by atoms with Crippen LogP contribution in [0.2, 0.25) is 0 Å². The molecular weight excluding hydrogens is 370 g/mol. The minimum atomic E-state index is -0.783. The highest BCUT2D eigenvalue weighted by atomic mass is 16.2. The maximum atomic E-state index is 12.4. The summed E-state index contributed by atoms with van der Waals surface area (Å²) in [7, 11) is 3.95. The molecule has 0 aliphatic carbocycles. The van der Waals surface area contributed by atoms with E-state index >= 15 is 0 Å². The molecule has 9 nitrogen and oxygen atoms in total. The molecule has 3 aromatic rings. The van der Waals surface area contributed by atoms with Crippen LogP contribution in [0, 0.1) is 13.8 Å². The summed E-state index contributed by atoms with van der Waals surface area (Å²) < 4.78 is 3.45. The Morgan fingerprint density at radius 2 is 1.69 bits per heavy atom. The Balaban J connectivity index is 1.66. The molecule has 3 rings (SSSR count). The van der Waals surface area contributed by atoms with Crippen LogP contribution >= 0.6 is 0 Å². The molecule has 0 fully saturated rings. The van der Waals surface area contributed by atoms with E-state index in [9.17, 15) is 9.59 Å². The Bertz CT molecular complexity index is 1010. The van der Waals surface area contributed by atoms with Crippen LogP contribution in [-0.2, 0) is 16.1 Å². The quantitative estimate of drug-likeness (QED) is 0.621. The summed E-state index contributed by atoms with van der Waals surface area (Å²) in [5.41, 5.74) is 2.76. The van der Waals surface area contributed by atoms with Gasteiger partial charge in [0, 0.05) is 18.8 Å². The van der Waals surface area contributed by atoms with E-state index in [0.717, 1.165) is 17.9 Å². The first-order chi connectivity index (χ1) is 13.8. The van der Waals surface area contributed by atoms with Gasteiger partial charge in [-0.3, -0.25) is 14.3 Å². The molecular formula is C20H25N7O2. The van der Waals surface area contributed by atoms with Gasteiger partial charge in [0.2, 0.25) is 0 Å². The Hall–Kier alpha value is -3.46. The van der Waals surface area contributed by atoms with Gasteiger partial charge in [0.05, 0.1) is 29.3 Å². The lowest BCUT2D eigenvalue weighted by atomic mass is 10.3. The second kappa shape index (κ2) is 8.70. The molecule has 0 atom stereocenters. The molecule has 29 heavy (non-hydrogen) atoms. The predicted molar refractivity (Wildman–Crippen MR) is 111 cm³/mol. The van der Waals surface area contributed by atoms with Crippen molar-refractivity contribution in [1.29, 1.82) is 0 Å². The monoisotopic (exact) mass is 395 g/mol. The number of hydrogen-bond acceptors (Lipinski definition) is 5. The second-order valence-corrected chi connectivity index (χ2v) is 6.97. The fraction of sp³-hybridized carbons (Fsp3) is 0.300. The van der Waals surface area contributed by atoms with Crippen LogP contribution in [0.1, 0.15) is 11.4 Å². The van der Waals surface area contributed by atoms with Crippen molar-refractivity contribution >= 4 is 23.3 Å². The number of nitrogens with one attached hydrogen (secondary N) is 2. The molecule has 1 aromatic carbocycles. The molecule has 9 heteroatoms. The Morgan fingerprint density at radius 3 is 2.38 bits per heavy atom. The molecule has 2 aromatic heterocycles. The largest absolute Gasteiger partial charge is 0.315 e. The zero-order chi connectivity index (χ0) is 21.0. The van der Waals surface area contributed by atoms with Crippen LogP contribution in [0.5, 0.6) is 0 Å². The van der Waals surface area contributed by atoms with Gasteiger partial charge < -0.3 is 15.5 Å². The third-order valence-corrected chi connectivity index (χ3v) is 4.40. The number of amides is 2. The van der Waals surface area contributed by atoms with Crippen molar-refractivity contribution in [2.45, 2.75) is 20.4 Å². The van der Waals surface area contributed by atoms with Crippen LogP contribution in [-0.4, -0.2) is 56.9 Å². The van der Waals surface area contributed by atoms with E-state index in [2.05, 4.69) is 20.8 Å². The molecule has 0 saturated heterocycles. The Morgan fingerprint density at radius 1 is 1.00 bits per heavy atom. The zero-order valence-corrected chi connectivity index (χ0v) is 17.0. The molecule has 2 heterocycles. The maximum absolute atomic E-state index is 12.4. The van der Waals surface area contributed by atoms with Crippen molar-refractivity contribution in [2.24, 2.45) is 0 Å². The average molecular weight is 395 g/mol.